The molecule has 0 amide bonds. The molecule has 0 saturated heterocycles. The van der Waals surface area contributed by atoms with E-state index in [1.807, 2.05) is 0 Å². The summed E-state index contributed by atoms with van der Waals surface area (Å²) in [6, 6.07) is 0. The molecule has 0 aromatic carbocycles. The van der Waals surface area contributed by atoms with Gasteiger partial charge in [-0.1, -0.05) is 0 Å². The second-order valence-corrected chi connectivity index (χ2v) is 5.26. The van der Waals surface area contributed by atoms with Crippen LogP contribution in [0.1, 0.15) is 0 Å². The van der Waals surface area contributed by atoms with Crippen molar-refractivity contribution < 1.29 is 68.9 Å². The molecule has 64 valence electrons. The van der Waals surface area contributed by atoms with Crippen molar-refractivity contribution in [2.45, 2.75) is 0 Å². The fourth-order valence-electron chi connectivity index (χ4n) is 0.240. The van der Waals surface area contributed by atoms with Crippen LogP contribution in [0.5, 0.6) is 0 Å². The van der Waals surface area contributed by atoms with E-state index in [0.29, 0.717) is 0 Å². The van der Waals surface area contributed by atoms with Crippen molar-refractivity contribution >= 4 is 39.1 Å². The Hall–Kier alpha value is 2.40. The molecule has 4 radical (unpaired) electrons. The quantitative estimate of drug-likeness (QED) is 0.288. The largest absolute Gasteiger partial charge is 4.00 e. The third kappa shape index (κ3) is 22.8. The zero-order valence-electron chi connectivity index (χ0n) is 5.46. The first-order valence-corrected chi connectivity index (χ1v) is 5.39. The standard InChI is InChI=1S/CH6O6P2.Sn.2Tc/c2-8(3,4)1-9(5,6)7;;;/h1H2,(H2,2,3,4)(H2,5,6,7);;;/q;+2;2*+4/i;;2*1+1. The Labute approximate surface area is 113 Å². The first kappa shape index (κ1) is 23.9. The summed E-state index contributed by atoms with van der Waals surface area (Å²) in [5, 5.41) is 0. The van der Waals surface area contributed by atoms with E-state index in [0.717, 1.165) is 0 Å². The third-order valence-electron chi connectivity index (χ3n) is 0.368. The molecule has 0 aromatic heterocycles. The first-order valence-electron chi connectivity index (χ1n) is 1.80. The normalized spacial score (nSPS) is 10.3. The summed E-state index contributed by atoms with van der Waals surface area (Å²) < 4.78 is 19.7. The van der Waals surface area contributed by atoms with Crippen molar-refractivity contribution in [2.24, 2.45) is 0 Å². The van der Waals surface area contributed by atoms with Gasteiger partial charge in [-0.2, -0.15) is 0 Å². The van der Waals surface area contributed by atoms with Crippen LogP contribution >= 0.6 is 15.2 Å². The van der Waals surface area contributed by atoms with Gasteiger partial charge in [0.1, 0.15) is 0 Å². The van der Waals surface area contributed by atoms with Crippen LogP contribution < -0.4 is 0 Å². The van der Waals surface area contributed by atoms with Crippen molar-refractivity contribution in [3.8, 4) is 0 Å². The molecule has 0 unspecified atom stereocenters. The minimum atomic E-state index is -4.55. The van der Waals surface area contributed by atoms with Gasteiger partial charge in [0, 0.05) is 0 Å². The summed E-state index contributed by atoms with van der Waals surface area (Å²) in [7, 11) is -9.10. The Bertz CT molecular complexity index is 164. The molecule has 0 rings (SSSR count). The van der Waals surface area contributed by atoms with Gasteiger partial charge < -0.3 is 19.6 Å². The molecule has 11 heteroatoms. The van der Waals surface area contributed by atoms with Gasteiger partial charge in [0.2, 0.25) is 0 Å². The molecule has 6 nitrogen and oxygen atoms in total. The van der Waals surface area contributed by atoms with Crippen LogP contribution in [0.3, 0.4) is 0 Å². The molecule has 0 aliphatic carbocycles. The second-order valence-electron chi connectivity index (χ2n) is 1.47. The molecule has 0 atom stereocenters. The fourth-order valence-corrected chi connectivity index (χ4v) is 2.16. The minimum absolute atomic E-state index is 0. The van der Waals surface area contributed by atoms with E-state index in [1.165, 1.54) is 0 Å². The molecule has 0 heterocycles. The van der Waals surface area contributed by atoms with Crippen molar-refractivity contribution in [2.75, 3.05) is 5.90 Å². The smallest absolute Gasteiger partial charge is 0.324 e. The predicted octanol–water partition coefficient (Wildman–Crippen LogP) is -1.09. The Kier molecular flexibility index (Phi) is 17.3. The summed E-state index contributed by atoms with van der Waals surface area (Å²) in [6.45, 7) is 0. The molecule has 0 bridgehead atoms. The van der Waals surface area contributed by atoms with Gasteiger partial charge in [0.05, 0.1) is 0 Å². The molecule has 0 aromatic rings. The SMILES string of the molecule is O=P(O)(O)CP(=O)(O)O.[99Tc+4].[99Tc+4].[Sn+2]. The average Bonchev–Trinajstić information content (AvgIpc) is 1.14. The van der Waals surface area contributed by atoms with Gasteiger partial charge in [0.15, 0.2) is 5.90 Å². The molecule has 12 heavy (non-hydrogen) atoms. The van der Waals surface area contributed by atoms with Crippen molar-refractivity contribution in [1.29, 1.82) is 0 Å². The number of rotatable bonds is 2. The van der Waals surface area contributed by atoms with E-state index in [1.54, 1.807) is 0 Å². The maximum atomic E-state index is 9.85. The van der Waals surface area contributed by atoms with Crippen LogP contribution in [0.15, 0.2) is 0 Å². The van der Waals surface area contributed by atoms with Crippen LogP contribution in [0.2, 0.25) is 0 Å². The Morgan fingerprint density at radius 2 is 1.00 bits per heavy atom. The summed E-state index contributed by atoms with van der Waals surface area (Å²) >= 11 is 0. The molecule has 4 N–H and O–H groups in total. The zero-order chi connectivity index (χ0) is 7.71. The maximum Gasteiger partial charge on any atom is 4.00 e. The van der Waals surface area contributed by atoms with E-state index >= 15 is 0 Å². The van der Waals surface area contributed by atoms with Crippen LogP contribution in [0.25, 0.3) is 0 Å². The Balaban J connectivity index is -0.000000107. The molecular weight excluding hydrogens is 486 g/mol. The van der Waals surface area contributed by atoms with Gasteiger partial charge in [0.25, 0.3) is 0 Å². The van der Waals surface area contributed by atoms with Gasteiger partial charge in [-0.05, 0) is 0 Å². The summed E-state index contributed by atoms with van der Waals surface area (Å²) in [5.74, 6) is -1.38. The molecular formula is CH6O6P2SnTc2+10. The van der Waals surface area contributed by atoms with Gasteiger partial charge >= 0.3 is 79.3 Å². The minimum Gasteiger partial charge on any atom is -0.324 e. The summed E-state index contributed by atoms with van der Waals surface area (Å²) in [6.07, 6.45) is 0. The Morgan fingerprint density at radius 1 is 0.833 bits per heavy atom. The predicted molar refractivity (Wildman–Crippen MR) is 34.7 cm³/mol. The van der Waals surface area contributed by atoms with Gasteiger partial charge in [-0.15, -0.1) is 0 Å². The van der Waals surface area contributed by atoms with Crippen LogP contribution in [0, 0.1) is 0 Å². The fraction of sp³-hybridized carbons (Fsp3) is 1.00. The van der Waals surface area contributed by atoms with Gasteiger partial charge in [-0.3, -0.25) is 9.13 Å². The van der Waals surface area contributed by atoms with Crippen molar-refractivity contribution in [1.82, 2.24) is 0 Å². The van der Waals surface area contributed by atoms with Crippen molar-refractivity contribution in [3.63, 3.8) is 0 Å². The monoisotopic (exact) mass is 494 g/mol. The Morgan fingerprint density at radius 3 is 1.00 bits per heavy atom. The molecule has 0 saturated carbocycles. The molecule has 0 aliphatic heterocycles. The van der Waals surface area contributed by atoms with E-state index in [-0.39, 0.29) is 64.1 Å². The topological polar surface area (TPSA) is 115 Å². The average molecular weight is 493 g/mol. The van der Waals surface area contributed by atoms with Crippen LogP contribution in [-0.2, 0) is 49.3 Å². The van der Waals surface area contributed by atoms with Gasteiger partial charge in [-0.25, -0.2) is 0 Å². The zero-order valence-corrected chi connectivity index (χ0v) is 13.8. The number of hydrogen-bond acceptors (Lipinski definition) is 2. The van der Waals surface area contributed by atoms with E-state index in [2.05, 4.69) is 0 Å². The van der Waals surface area contributed by atoms with Crippen LogP contribution in [-0.4, -0.2) is 49.4 Å². The maximum absolute atomic E-state index is 9.85. The van der Waals surface area contributed by atoms with E-state index in [9.17, 15) is 9.13 Å². The molecule has 0 aliphatic rings. The molecule has 0 spiro atoms. The van der Waals surface area contributed by atoms with E-state index in [4.69, 9.17) is 19.6 Å². The third-order valence-corrected chi connectivity index (χ3v) is 3.32. The first-order chi connectivity index (χ1) is 3.71. The van der Waals surface area contributed by atoms with Crippen molar-refractivity contribution in [3.05, 3.63) is 0 Å². The number of hydrogen-bond donors (Lipinski definition) is 4. The molecule has 0 fully saturated rings. The van der Waals surface area contributed by atoms with E-state index < -0.39 is 21.1 Å². The second kappa shape index (κ2) is 8.69. The van der Waals surface area contributed by atoms with Crippen LogP contribution in [0.4, 0.5) is 0 Å². The summed E-state index contributed by atoms with van der Waals surface area (Å²) in [4.78, 5) is 31.9. The summed E-state index contributed by atoms with van der Waals surface area (Å²) in [5.41, 5.74) is 0.